The van der Waals surface area contributed by atoms with E-state index in [0.717, 1.165) is 35.5 Å². The van der Waals surface area contributed by atoms with Gasteiger partial charge in [-0.1, -0.05) is 65.9 Å². The highest BCUT2D eigenvalue weighted by molar-refractivity contribution is 7.07. The maximum atomic E-state index is 14.1. The van der Waals surface area contributed by atoms with Crippen molar-refractivity contribution in [1.29, 1.82) is 0 Å². The molecule has 210 valence electrons. The number of benzene rings is 3. The fourth-order valence-corrected chi connectivity index (χ4v) is 6.09. The Kier molecular flexibility index (Phi) is 8.50. The molecule has 1 atom stereocenters. The zero-order valence-electron chi connectivity index (χ0n) is 23.7. The average Bonchev–Trinajstić information content (AvgIpc) is 3.32. The Morgan fingerprint density at radius 1 is 1.00 bits per heavy atom. The van der Waals surface area contributed by atoms with Gasteiger partial charge in [-0.05, 0) is 62.2 Å². The summed E-state index contributed by atoms with van der Waals surface area (Å²) in [7, 11) is 1.59. The molecule has 0 radical (unpaired) electrons. The minimum Gasteiger partial charge on any atom is -0.497 e. The quantitative estimate of drug-likeness (QED) is 0.272. The SMILES string of the molecule is CCOC(=O)C1=C(c2ccccc2)N=c2s/c(=C\c3ccc(N(CC)CC)cc3)c(=O)n2[C@H]1c1cccc(OC)c1. The molecule has 0 amide bonds. The van der Waals surface area contributed by atoms with Crippen LogP contribution in [0.25, 0.3) is 11.8 Å². The van der Waals surface area contributed by atoms with E-state index < -0.39 is 12.0 Å². The second-order valence-electron chi connectivity index (χ2n) is 9.47. The molecule has 4 aromatic rings. The van der Waals surface area contributed by atoms with Gasteiger partial charge in [0.05, 0.1) is 35.6 Å². The summed E-state index contributed by atoms with van der Waals surface area (Å²) >= 11 is 1.31. The molecule has 8 heteroatoms. The van der Waals surface area contributed by atoms with E-state index in [1.54, 1.807) is 18.6 Å². The van der Waals surface area contributed by atoms with Gasteiger partial charge in [0.15, 0.2) is 4.80 Å². The first kappa shape index (κ1) is 28.1. The molecule has 0 saturated carbocycles. The maximum absolute atomic E-state index is 14.1. The first-order chi connectivity index (χ1) is 20.0. The van der Waals surface area contributed by atoms with Gasteiger partial charge in [0.2, 0.25) is 0 Å². The second kappa shape index (κ2) is 12.4. The zero-order chi connectivity index (χ0) is 28.9. The van der Waals surface area contributed by atoms with Crippen LogP contribution in [0.4, 0.5) is 5.69 Å². The number of fused-ring (bicyclic) bond motifs is 1. The number of carbonyl (C=O) groups excluding carboxylic acids is 1. The van der Waals surface area contributed by atoms with Gasteiger partial charge in [-0.25, -0.2) is 9.79 Å². The summed E-state index contributed by atoms with van der Waals surface area (Å²) in [6.45, 7) is 8.07. The molecular formula is C33H33N3O4S. The number of rotatable bonds is 9. The van der Waals surface area contributed by atoms with E-state index in [0.29, 0.717) is 26.4 Å². The molecule has 0 spiro atoms. The Bertz CT molecular complexity index is 1750. The van der Waals surface area contributed by atoms with Crippen molar-refractivity contribution >= 4 is 34.8 Å². The van der Waals surface area contributed by atoms with E-state index in [1.165, 1.54) is 11.3 Å². The smallest absolute Gasteiger partial charge is 0.338 e. The van der Waals surface area contributed by atoms with Crippen molar-refractivity contribution in [2.75, 3.05) is 31.7 Å². The number of carbonyl (C=O) groups is 1. The highest BCUT2D eigenvalue weighted by Gasteiger charge is 2.35. The number of anilines is 1. The molecule has 0 fully saturated rings. The molecule has 0 aliphatic carbocycles. The molecule has 41 heavy (non-hydrogen) atoms. The summed E-state index contributed by atoms with van der Waals surface area (Å²) in [5.74, 6) is 0.114. The third-order valence-electron chi connectivity index (χ3n) is 7.10. The number of esters is 1. The van der Waals surface area contributed by atoms with Gasteiger partial charge in [-0.2, -0.15) is 0 Å². The summed E-state index contributed by atoms with van der Waals surface area (Å²) < 4.78 is 13.2. The van der Waals surface area contributed by atoms with Crippen LogP contribution in [-0.2, 0) is 9.53 Å². The van der Waals surface area contributed by atoms with Gasteiger partial charge < -0.3 is 14.4 Å². The topological polar surface area (TPSA) is 73.1 Å². The number of aromatic nitrogens is 1. The van der Waals surface area contributed by atoms with Crippen LogP contribution in [0.1, 0.15) is 43.5 Å². The van der Waals surface area contributed by atoms with Crippen molar-refractivity contribution in [2.24, 2.45) is 4.99 Å². The van der Waals surface area contributed by atoms with Crippen molar-refractivity contribution in [3.63, 3.8) is 0 Å². The lowest BCUT2D eigenvalue weighted by Crippen LogP contribution is -2.40. The van der Waals surface area contributed by atoms with Crippen LogP contribution in [0.3, 0.4) is 0 Å². The fraction of sp³-hybridized carbons (Fsp3) is 0.242. The molecule has 5 rings (SSSR count). The predicted octanol–water partition coefficient (Wildman–Crippen LogP) is 4.79. The zero-order valence-corrected chi connectivity index (χ0v) is 24.5. The van der Waals surface area contributed by atoms with Crippen molar-refractivity contribution in [1.82, 2.24) is 4.57 Å². The van der Waals surface area contributed by atoms with Gasteiger partial charge in [0.1, 0.15) is 5.75 Å². The van der Waals surface area contributed by atoms with Gasteiger partial charge in [0.25, 0.3) is 5.56 Å². The van der Waals surface area contributed by atoms with Crippen LogP contribution in [0.15, 0.2) is 94.2 Å². The number of hydrogen-bond acceptors (Lipinski definition) is 7. The Hall–Kier alpha value is -4.43. The van der Waals surface area contributed by atoms with Crippen molar-refractivity contribution < 1.29 is 14.3 Å². The van der Waals surface area contributed by atoms with E-state index in [4.69, 9.17) is 14.5 Å². The highest BCUT2D eigenvalue weighted by atomic mass is 32.1. The number of hydrogen-bond donors (Lipinski definition) is 0. The van der Waals surface area contributed by atoms with Gasteiger partial charge in [-0.15, -0.1) is 0 Å². The Morgan fingerprint density at radius 3 is 2.39 bits per heavy atom. The average molecular weight is 568 g/mol. The first-order valence-corrected chi connectivity index (χ1v) is 14.6. The molecule has 3 aromatic carbocycles. The highest BCUT2D eigenvalue weighted by Crippen LogP contribution is 2.36. The summed E-state index contributed by atoms with van der Waals surface area (Å²) in [6.07, 6.45) is 1.88. The third kappa shape index (κ3) is 5.60. The Balaban J connectivity index is 1.75. The van der Waals surface area contributed by atoms with E-state index in [2.05, 4.69) is 30.9 Å². The lowest BCUT2D eigenvalue weighted by molar-refractivity contribution is -0.138. The van der Waals surface area contributed by atoms with E-state index in [-0.39, 0.29) is 12.2 Å². The molecular weight excluding hydrogens is 534 g/mol. The van der Waals surface area contributed by atoms with E-state index in [9.17, 15) is 9.59 Å². The molecule has 0 unspecified atom stereocenters. The second-order valence-corrected chi connectivity index (χ2v) is 10.5. The van der Waals surface area contributed by atoms with Crippen LogP contribution in [0.2, 0.25) is 0 Å². The summed E-state index contributed by atoms with van der Waals surface area (Å²) in [5, 5.41) is 0. The molecule has 1 aromatic heterocycles. The molecule has 0 bridgehead atoms. The standard InChI is InChI=1S/C33H33N3O4S/c1-5-35(6-2)25-18-16-22(17-19-25)20-27-31(37)36-30(24-14-11-15-26(21-24)39-4)28(32(38)40-7-3)29(34-33(36)41-27)23-12-9-8-10-13-23/h8-21,30H,5-7H2,1-4H3/b27-20-/t30-/m0/s1. The van der Waals surface area contributed by atoms with E-state index >= 15 is 0 Å². The van der Waals surface area contributed by atoms with Crippen LogP contribution >= 0.6 is 11.3 Å². The molecule has 1 aliphatic rings. The maximum Gasteiger partial charge on any atom is 0.338 e. The lowest BCUT2D eigenvalue weighted by Gasteiger charge is -2.26. The molecule has 7 nitrogen and oxygen atoms in total. The first-order valence-electron chi connectivity index (χ1n) is 13.8. The normalized spacial score (nSPS) is 14.8. The van der Waals surface area contributed by atoms with Crippen molar-refractivity contribution in [2.45, 2.75) is 26.8 Å². The molecule has 0 saturated heterocycles. The summed E-state index contributed by atoms with van der Waals surface area (Å²) in [4.78, 5) is 35.3. The van der Waals surface area contributed by atoms with Crippen LogP contribution in [0, 0.1) is 0 Å². The number of ether oxygens (including phenoxy) is 2. The third-order valence-corrected chi connectivity index (χ3v) is 8.09. The minimum absolute atomic E-state index is 0.198. The number of nitrogens with zero attached hydrogens (tertiary/aromatic N) is 3. The van der Waals surface area contributed by atoms with Gasteiger partial charge in [0, 0.05) is 24.3 Å². The van der Waals surface area contributed by atoms with Crippen molar-refractivity contribution in [3.8, 4) is 5.75 Å². The Labute approximate surface area is 243 Å². The number of thiazole rings is 1. The van der Waals surface area contributed by atoms with Crippen LogP contribution < -0.4 is 24.5 Å². The summed E-state index contributed by atoms with van der Waals surface area (Å²) in [6, 6.07) is 24.4. The Morgan fingerprint density at radius 2 is 1.73 bits per heavy atom. The monoisotopic (exact) mass is 567 g/mol. The molecule has 2 heterocycles. The number of methoxy groups -OCH3 is 1. The molecule has 0 N–H and O–H groups in total. The minimum atomic E-state index is -0.747. The van der Waals surface area contributed by atoms with Crippen molar-refractivity contribution in [3.05, 3.63) is 121 Å². The van der Waals surface area contributed by atoms with Crippen LogP contribution in [-0.4, -0.2) is 37.3 Å². The molecule has 1 aliphatic heterocycles. The van der Waals surface area contributed by atoms with Gasteiger partial charge >= 0.3 is 5.97 Å². The summed E-state index contributed by atoms with van der Waals surface area (Å²) in [5.41, 5.74) is 4.14. The van der Waals surface area contributed by atoms with Gasteiger partial charge in [-0.3, -0.25) is 9.36 Å². The van der Waals surface area contributed by atoms with Crippen LogP contribution in [0.5, 0.6) is 5.75 Å². The largest absolute Gasteiger partial charge is 0.497 e. The van der Waals surface area contributed by atoms with E-state index in [1.807, 2.05) is 72.8 Å². The predicted molar refractivity (Wildman–Crippen MR) is 164 cm³/mol. The fourth-order valence-electron chi connectivity index (χ4n) is 5.09. The lowest BCUT2D eigenvalue weighted by atomic mass is 9.93.